The summed E-state index contributed by atoms with van der Waals surface area (Å²) in [5.74, 6) is -0.519. The molecule has 0 rings (SSSR count). The van der Waals surface area contributed by atoms with E-state index in [0.717, 1.165) is 51.4 Å². The molecule has 0 N–H and O–H groups in total. The highest BCUT2D eigenvalue weighted by Crippen LogP contribution is 2.03. The lowest BCUT2D eigenvalue weighted by molar-refractivity contribution is -0.154. The molecule has 21 heavy (non-hydrogen) atoms. The zero-order chi connectivity index (χ0) is 15.9. The predicted octanol–water partition coefficient (Wildman–Crippen LogP) is 4.23. The molecule has 0 heterocycles. The lowest BCUT2D eigenvalue weighted by Crippen LogP contribution is -2.27. The van der Waals surface area contributed by atoms with Crippen molar-refractivity contribution in [1.82, 2.24) is 0 Å². The fraction of sp³-hybridized carbons (Fsp3) is 0.875. The molecule has 5 nitrogen and oxygen atoms in total. The standard InChI is InChI=1S/C16H30O5/c1-4-6-8-10-12-19-15(17)14(3)21-16(18)20-13-11-9-7-5-2/h14H,4-13H2,1-3H3/t14-/m0/s1. The summed E-state index contributed by atoms with van der Waals surface area (Å²) < 4.78 is 14.8. The fourth-order valence-corrected chi connectivity index (χ4v) is 1.73. The van der Waals surface area contributed by atoms with Crippen molar-refractivity contribution in [3.05, 3.63) is 0 Å². The summed E-state index contributed by atoms with van der Waals surface area (Å²) in [6, 6.07) is 0. The zero-order valence-electron chi connectivity index (χ0n) is 13.7. The van der Waals surface area contributed by atoms with Gasteiger partial charge in [0.15, 0.2) is 6.10 Å². The Morgan fingerprint density at radius 2 is 1.33 bits per heavy atom. The number of unbranched alkanes of at least 4 members (excludes halogenated alkanes) is 6. The van der Waals surface area contributed by atoms with Gasteiger partial charge in [0.25, 0.3) is 0 Å². The van der Waals surface area contributed by atoms with Crippen LogP contribution in [0.1, 0.15) is 72.1 Å². The van der Waals surface area contributed by atoms with E-state index in [4.69, 9.17) is 14.2 Å². The van der Waals surface area contributed by atoms with Gasteiger partial charge in [-0.1, -0.05) is 52.4 Å². The van der Waals surface area contributed by atoms with E-state index in [0.29, 0.717) is 13.2 Å². The number of hydrogen-bond donors (Lipinski definition) is 0. The summed E-state index contributed by atoms with van der Waals surface area (Å²) in [7, 11) is 0. The van der Waals surface area contributed by atoms with Gasteiger partial charge in [0.2, 0.25) is 0 Å². The maximum atomic E-state index is 11.6. The van der Waals surface area contributed by atoms with Crippen LogP contribution in [0.4, 0.5) is 4.79 Å². The maximum Gasteiger partial charge on any atom is 0.509 e. The van der Waals surface area contributed by atoms with Crippen molar-refractivity contribution in [3.8, 4) is 0 Å². The van der Waals surface area contributed by atoms with Crippen molar-refractivity contribution in [2.75, 3.05) is 13.2 Å². The van der Waals surface area contributed by atoms with Crippen molar-refractivity contribution < 1.29 is 23.8 Å². The van der Waals surface area contributed by atoms with E-state index in [1.165, 1.54) is 6.92 Å². The van der Waals surface area contributed by atoms with Gasteiger partial charge in [-0.15, -0.1) is 0 Å². The van der Waals surface area contributed by atoms with Gasteiger partial charge in [-0.25, -0.2) is 9.59 Å². The fourth-order valence-electron chi connectivity index (χ4n) is 1.73. The van der Waals surface area contributed by atoms with E-state index < -0.39 is 18.2 Å². The summed E-state index contributed by atoms with van der Waals surface area (Å²) in [4.78, 5) is 22.9. The van der Waals surface area contributed by atoms with Crippen LogP contribution >= 0.6 is 0 Å². The Morgan fingerprint density at radius 3 is 1.86 bits per heavy atom. The molecule has 0 bridgehead atoms. The average Bonchev–Trinajstić information content (AvgIpc) is 2.46. The molecule has 0 aromatic carbocycles. The lowest BCUT2D eigenvalue weighted by Gasteiger charge is -2.12. The molecule has 0 aliphatic heterocycles. The number of rotatable bonds is 12. The summed E-state index contributed by atoms with van der Waals surface area (Å²) in [5.41, 5.74) is 0. The van der Waals surface area contributed by atoms with E-state index in [9.17, 15) is 9.59 Å². The van der Waals surface area contributed by atoms with E-state index in [-0.39, 0.29) is 0 Å². The topological polar surface area (TPSA) is 61.8 Å². The molecular weight excluding hydrogens is 272 g/mol. The SMILES string of the molecule is CCCCCCOC(=O)O[C@@H](C)C(=O)OCCCCCC. The number of carbonyl (C=O) groups is 2. The summed E-state index contributed by atoms with van der Waals surface area (Å²) in [6.07, 6.45) is 6.53. The van der Waals surface area contributed by atoms with Gasteiger partial charge in [0.05, 0.1) is 13.2 Å². The highest BCUT2D eigenvalue weighted by Gasteiger charge is 2.19. The van der Waals surface area contributed by atoms with Crippen LogP contribution < -0.4 is 0 Å². The van der Waals surface area contributed by atoms with Crippen molar-refractivity contribution in [2.24, 2.45) is 0 Å². The van der Waals surface area contributed by atoms with Gasteiger partial charge in [-0.05, 0) is 19.8 Å². The van der Waals surface area contributed by atoms with Crippen molar-refractivity contribution in [1.29, 1.82) is 0 Å². The number of carbonyl (C=O) groups excluding carboxylic acids is 2. The number of esters is 1. The van der Waals surface area contributed by atoms with Crippen LogP contribution in [0.5, 0.6) is 0 Å². The molecule has 124 valence electrons. The smallest absolute Gasteiger partial charge is 0.463 e. The van der Waals surface area contributed by atoms with Gasteiger partial charge in [-0.2, -0.15) is 0 Å². The summed E-state index contributed by atoms with van der Waals surface area (Å²) >= 11 is 0. The molecule has 0 aliphatic rings. The molecule has 0 unspecified atom stereocenters. The molecule has 0 saturated heterocycles. The van der Waals surface area contributed by atoms with Crippen LogP contribution in [-0.2, 0) is 19.0 Å². The molecular formula is C16H30O5. The van der Waals surface area contributed by atoms with Gasteiger partial charge < -0.3 is 14.2 Å². The third-order valence-corrected chi connectivity index (χ3v) is 3.06. The lowest BCUT2D eigenvalue weighted by atomic mass is 10.2. The minimum absolute atomic E-state index is 0.331. The normalized spacial score (nSPS) is 11.8. The van der Waals surface area contributed by atoms with E-state index >= 15 is 0 Å². The summed E-state index contributed by atoms with van der Waals surface area (Å²) in [6.45, 7) is 6.43. The monoisotopic (exact) mass is 302 g/mol. The van der Waals surface area contributed by atoms with Gasteiger partial charge in [0.1, 0.15) is 0 Å². The Labute approximate surface area is 128 Å². The first-order valence-corrected chi connectivity index (χ1v) is 8.11. The van der Waals surface area contributed by atoms with Gasteiger partial charge in [0, 0.05) is 0 Å². The molecule has 0 saturated carbocycles. The first-order valence-electron chi connectivity index (χ1n) is 8.11. The van der Waals surface area contributed by atoms with E-state index in [1.807, 2.05) is 0 Å². The van der Waals surface area contributed by atoms with Gasteiger partial charge in [-0.3, -0.25) is 0 Å². The minimum atomic E-state index is -0.917. The Morgan fingerprint density at radius 1 is 0.810 bits per heavy atom. The number of hydrogen-bond acceptors (Lipinski definition) is 5. The summed E-state index contributed by atoms with van der Waals surface area (Å²) in [5, 5.41) is 0. The van der Waals surface area contributed by atoms with Gasteiger partial charge >= 0.3 is 12.1 Å². The van der Waals surface area contributed by atoms with Crippen LogP contribution in [0.25, 0.3) is 0 Å². The first kappa shape index (κ1) is 19.7. The van der Waals surface area contributed by atoms with Crippen LogP contribution in [-0.4, -0.2) is 31.4 Å². The van der Waals surface area contributed by atoms with E-state index in [2.05, 4.69) is 13.8 Å². The average molecular weight is 302 g/mol. The molecule has 0 aliphatic carbocycles. The predicted molar refractivity (Wildman–Crippen MR) is 81.1 cm³/mol. The molecule has 0 aromatic rings. The van der Waals surface area contributed by atoms with Crippen LogP contribution in [0.2, 0.25) is 0 Å². The second kappa shape index (κ2) is 13.7. The third kappa shape index (κ3) is 12.2. The van der Waals surface area contributed by atoms with Crippen LogP contribution in [0.3, 0.4) is 0 Å². The second-order valence-corrected chi connectivity index (χ2v) is 5.15. The maximum absolute atomic E-state index is 11.6. The molecule has 5 heteroatoms. The van der Waals surface area contributed by atoms with Crippen molar-refractivity contribution in [2.45, 2.75) is 78.2 Å². The van der Waals surface area contributed by atoms with Crippen LogP contribution in [0.15, 0.2) is 0 Å². The highest BCUT2D eigenvalue weighted by atomic mass is 16.7. The first-order chi connectivity index (χ1) is 10.1. The third-order valence-electron chi connectivity index (χ3n) is 3.06. The van der Waals surface area contributed by atoms with Crippen molar-refractivity contribution >= 4 is 12.1 Å². The Bertz CT molecular complexity index is 278. The quantitative estimate of drug-likeness (QED) is 0.399. The molecule has 0 radical (unpaired) electrons. The molecule has 0 amide bonds. The largest absolute Gasteiger partial charge is 0.509 e. The number of ether oxygens (including phenoxy) is 3. The molecule has 0 spiro atoms. The highest BCUT2D eigenvalue weighted by molar-refractivity contribution is 5.76. The molecule has 0 fully saturated rings. The molecule has 0 aromatic heterocycles. The van der Waals surface area contributed by atoms with E-state index in [1.54, 1.807) is 0 Å². The second-order valence-electron chi connectivity index (χ2n) is 5.15. The zero-order valence-corrected chi connectivity index (χ0v) is 13.7. The Kier molecular flexibility index (Phi) is 12.9. The Balaban J connectivity index is 3.62. The van der Waals surface area contributed by atoms with Crippen molar-refractivity contribution in [3.63, 3.8) is 0 Å². The van der Waals surface area contributed by atoms with Crippen LogP contribution in [0, 0.1) is 0 Å². The molecule has 1 atom stereocenters. The Hall–Kier alpha value is -1.26. The minimum Gasteiger partial charge on any atom is -0.463 e.